The number of amides is 1. The predicted molar refractivity (Wildman–Crippen MR) is 136 cm³/mol. The number of carbonyl (C=O) groups excluding carboxylic acids is 1. The molecule has 3 aromatic carbocycles. The summed E-state index contributed by atoms with van der Waals surface area (Å²) in [6.07, 6.45) is 1.48. The highest BCUT2D eigenvalue weighted by atomic mass is 79.9. The normalized spacial score (nSPS) is 14.8. The largest absolute Gasteiger partial charge is 0.336 e. The first kappa shape index (κ1) is 23.4. The number of aromatic nitrogens is 2. The van der Waals surface area contributed by atoms with Crippen LogP contribution in [0.5, 0.6) is 0 Å². The van der Waals surface area contributed by atoms with Crippen molar-refractivity contribution in [3.8, 4) is 5.69 Å². The molecule has 1 aliphatic rings. The fourth-order valence-electron chi connectivity index (χ4n) is 4.11. The molecule has 0 N–H and O–H groups in total. The first-order valence-corrected chi connectivity index (χ1v) is 13.2. The van der Waals surface area contributed by atoms with Gasteiger partial charge in [0, 0.05) is 36.2 Å². The summed E-state index contributed by atoms with van der Waals surface area (Å²) in [7, 11) is -3.63. The van der Waals surface area contributed by atoms with Gasteiger partial charge in [-0.25, -0.2) is 13.4 Å². The lowest BCUT2D eigenvalue weighted by Crippen LogP contribution is -2.50. The topological polar surface area (TPSA) is 92.6 Å². The van der Waals surface area contributed by atoms with Crippen LogP contribution in [-0.4, -0.2) is 59.3 Å². The zero-order valence-corrected chi connectivity index (χ0v) is 20.9. The van der Waals surface area contributed by atoms with E-state index in [1.807, 2.05) is 6.07 Å². The highest BCUT2D eigenvalue weighted by Gasteiger charge is 2.30. The van der Waals surface area contributed by atoms with Crippen LogP contribution in [0, 0.1) is 0 Å². The number of hydrogen-bond acceptors (Lipinski definition) is 5. The van der Waals surface area contributed by atoms with Gasteiger partial charge < -0.3 is 4.90 Å². The lowest BCUT2D eigenvalue weighted by Gasteiger charge is -2.34. The number of carbonyl (C=O) groups is 1. The van der Waals surface area contributed by atoms with Gasteiger partial charge in [-0.05, 0) is 54.6 Å². The van der Waals surface area contributed by atoms with Crippen LogP contribution in [0.25, 0.3) is 16.6 Å². The van der Waals surface area contributed by atoms with Gasteiger partial charge in [-0.3, -0.25) is 14.2 Å². The van der Waals surface area contributed by atoms with E-state index >= 15 is 0 Å². The second-order valence-corrected chi connectivity index (χ2v) is 11.0. The molecule has 0 spiro atoms. The van der Waals surface area contributed by atoms with E-state index < -0.39 is 10.0 Å². The van der Waals surface area contributed by atoms with Crippen LogP contribution in [0.4, 0.5) is 0 Å². The molecule has 8 nitrogen and oxygen atoms in total. The highest BCUT2D eigenvalue weighted by Crippen LogP contribution is 2.22. The van der Waals surface area contributed by atoms with Crippen molar-refractivity contribution >= 4 is 42.8 Å². The van der Waals surface area contributed by atoms with Crippen LogP contribution in [0.15, 0.2) is 93.3 Å². The third kappa shape index (κ3) is 4.52. The minimum Gasteiger partial charge on any atom is -0.336 e. The van der Waals surface area contributed by atoms with Crippen molar-refractivity contribution in [3.05, 3.63) is 99.5 Å². The average molecular weight is 553 g/mol. The fraction of sp³-hybridized carbons (Fsp3) is 0.160. The zero-order chi connectivity index (χ0) is 24.6. The molecule has 178 valence electrons. The Balaban J connectivity index is 1.29. The molecule has 2 heterocycles. The maximum Gasteiger partial charge on any atom is 0.265 e. The molecular weight excluding hydrogens is 532 g/mol. The minimum atomic E-state index is -3.63. The number of hydrogen-bond donors (Lipinski definition) is 0. The van der Waals surface area contributed by atoms with Gasteiger partial charge >= 0.3 is 0 Å². The fourth-order valence-corrected chi connectivity index (χ4v) is 6.13. The Morgan fingerprint density at radius 1 is 0.886 bits per heavy atom. The van der Waals surface area contributed by atoms with Gasteiger partial charge in [0.2, 0.25) is 10.0 Å². The summed E-state index contributed by atoms with van der Waals surface area (Å²) in [5.41, 5.74) is 1.52. The van der Waals surface area contributed by atoms with Crippen LogP contribution in [0.2, 0.25) is 0 Å². The van der Waals surface area contributed by atoms with E-state index in [1.165, 1.54) is 15.2 Å². The van der Waals surface area contributed by atoms with Crippen molar-refractivity contribution in [2.75, 3.05) is 26.2 Å². The van der Waals surface area contributed by atoms with Crippen molar-refractivity contribution in [2.24, 2.45) is 0 Å². The Bertz CT molecular complexity index is 1580. The minimum absolute atomic E-state index is 0.181. The van der Waals surface area contributed by atoms with E-state index in [2.05, 4.69) is 20.9 Å². The number of piperazine rings is 1. The Morgan fingerprint density at radius 2 is 1.60 bits per heavy atom. The molecule has 0 saturated carbocycles. The molecule has 0 unspecified atom stereocenters. The van der Waals surface area contributed by atoms with E-state index in [9.17, 15) is 18.0 Å². The number of nitrogens with zero attached hydrogens (tertiary/aromatic N) is 4. The summed E-state index contributed by atoms with van der Waals surface area (Å²) in [5, 5.41) is 0.519. The maximum absolute atomic E-state index is 13.0. The first-order valence-electron chi connectivity index (χ1n) is 11.0. The predicted octanol–water partition coefficient (Wildman–Crippen LogP) is 3.29. The summed E-state index contributed by atoms with van der Waals surface area (Å²) in [6, 6.07) is 20.5. The smallest absolute Gasteiger partial charge is 0.265 e. The van der Waals surface area contributed by atoms with Gasteiger partial charge in [-0.2, -0.15) is 4.31 Å². The SMILES string of the molecule is O=C(c1ccc(-n2cnc3ccccc3c2=O)cc1)N1CCN(S(=O)(=O)c2cccc(Br)c2)CC1. The average Bonchev–Trinajstić information content (AvgIpc) is 2.89. The summed E-state index contributed by atoms with van der Waals surface area (Å²) in [4.78, 5) is 32.1. The van der Waals surface area contributed by atoms with Crippen molar-refractivity contribution in [3.63, 3.8) is 0 Å². The van der Waals surface area contributed by atoms with Gasteiger partial charge in [0.25, 0.3) is 11.5 Å². The molecule has 1 aromatic heterocycles. The summed E-state index contributed by atoms with van der Waals surface area (Å²) in [6.45, 7) is 1.03. The third-order valence-electron chi connectivity index (χ3n) is 6.02. The molecule has 35 heavy (non-hydrogen) atoms. The Kier molecular flexibility index (Phi) is 6.26. The van der Waals surface area contributed by atoms with Gasteiger partial charge in [-0.15, -0.1) is 0 Å². The van der Waals surface area contributed by atoms with Crippen molar-refractivity contribution in [2.45, 2.75) is 4.90 Å². The summed E-state index contributed by atoms with van der Waals surface area (Å²) >= 11 is 3.31. The van der Waals surface area contributed by atoms with E-state index in [-0.39, 0.29) is 29.5 Å². The molecule has 0 radical (unpaired) electrons. The van der Waals surface area contributed by atoms with Crippen LogP contribution in [0.1, 0.15) is 10.4 Å². The number of sulfonamides is 1. The van der Waals surface area contributed by atoms with Crippen molar-refractivity contribution < 1.29 is 13.2 Å². The van der Waals surface area contributed by atoms with Crippen LogP contribution >= 0.6 is 15.9 Å². The van der Waals surface area contributed by atoms with Crippen molar-refractivity contribution in [1.82, 2.24) is 18.8 Å². The number of benzene rings is 3. The molecule has 0 aliphatic carbocycles. The summed E-state index contributed by atoms with van der Waals surface area (Å²) in [5.74, 6) is -0.181. The lowest BCUT2D eigenvalue weighted by atomic mass is 10.1. The molecular formula is C25H21BrN4O4S. The van der Waals surface area contributed by atoms with E-state index in [0.29, 0.717) is 39.7 Å². The number of fused-ring (bicyclic) bond motifs is 1. The monoisotopic (exact) mass is 552 g/mol. The molecule has 5 rings (SSSR count). The second kappa shape index (κ2) is 9.37. The van der Waals surface area contributed by atoms with Gasteiger partial charge in [0.05, 0.1) is 21.5 Å². The third-order valence-corrected chi connectivity index (χ3v) is 8.41. The van der Waals surface area contributed by atoms with Gasteiger partial charge in [-0.1, -0.05) is 34.1 Å². The lowest BCUT2D eigenvalue weighted by molar-refractivity contribution is 0.0698. The highest BCUT2D eigenvalue weighted by molar-refractivity contribution is 9.10. The number of halogens is 1. The standard InChI is InChI=1S/C25H21BrN4O4S/c26-19-4-3-5-21(16-19)35(33,34)29-14-12-28(13-15-29)24(31)18-8-10-20(11-9-18)30-17-27-23-7-2-1-6-22(23)25(30)32/h1-11,16-17H,12-15H2. The Morgan fingerprint density at radius 3 is 2.31 bits per heavy atom. The number of rotatable bonds is 4. The molecule has 10 heteroatoms. The second-order valence-electron chi connectivity index (χ2n) is 8.14. The van der Waals surface area contributed by atoms with Gasteiger partial charge in [0.15, 0.2) is 0 Å². The maximum atomic E-state index is 13.0. The van der Waals surface area contributed by atoms with Crippen molar-refractivity contribution in [1.29, 1.82) is 0 Å². The zero-order valence-electron chi connectivity index (χ0n) is 18.5. The first-order chi connectivity index (χ1) is 16.8. The molecule has 4 aromatic rings. The Labute approximate surface area is 210 Å². The molecule has 1 amide bonds. The summed E-state index contributed by atoms with van der Waals surface area (Å²) < 4.78 is 29.4. The van der Waals surface area contributed by atoms with Gasteiger partial charge in [0.1, 0.15) is 6.33 Å². The van der Waals surface area contributed by atoms with Crippen LogP contribution < -0.4 is 5.56 Å². The van der Waals surface area contributed by atoms with E-state index in [1.54, 1.807) is 71.6 Å². The van der Waals surface area contributed by atoms with E-state index in [4.69, 9.17) is 0 Å². The van der Waals surface area contributed by atoms with E-state index in [0.717, 1.165) is 0 Å². The molecule has 1 saturated heterocycles. The molecule has 0 atom stereocenters. The molecule has 1 fully saturated rings. The van der Waals surface area contributed by atoms with Crippen LogP contribution in [0.3, 0.4) is 0 Å². The Hall–Kier alpha value is -3.34. The quantitative estimate of drug-likeness (QED) is 0.387. The number of para-hydroxylation sites is 1. The molecule has 1 aliphatic heterocycles. The molecule has 0 bridgehead atoms. The van der Waals surface area contributed by atoms with Crippen LogP contribution in [-0.2, 0) is 10.0 Å².